The number of methoxy groups -OCH3 is 1. The monoisotopic (exact) mass is 443 g/mol. The van der Waals surface area contributed by atoms with E-state index in [4.69, 9.17) is 14.2 Å². The van der Waals surface area contributed by atoms with Gasteiger partial charge in [0.2, 0.25) is 0 Å². The van der Waals surface area contributed by atoms with E-state index in [1.807, 2.05) is 13.8 Å². The third kappa shape index (κ3) is 16.1. The average molecular weight is 444 g/mol. The van der Waals surface area contributed by atoms with Crippen LogP contribution >= 0.6 is 0 Å². The number of likely N-dealkylation sites (N-methyl/N-ethyl adjacent to an activating group) is 1. The number of esters is 1. The number of hydrogen-bond donors (Lipinski definition) is 0. The number of ether oxygens (including phenoxy) is 3. The Morgan fingerprint density at radius 1 is 0.710 bits per heavy atom. The molecule has 31 heavy (non-hydrogen) atoms. The SMILES string of the molecule is CCCCCCCCCCCCCCCOC(=O)C(C(C)C)N(C)C(=O)OCCOC. The van der Waals surface area contributed by atoms with Gasteiger partial charge in [0.05, 0.1) is 13.2 Å². The van der Waals surface area contributed by atoms with Crippen LogP contribution in [0.2, 0.25) is 0 Å². The van der Waals surface area contributed by atoms with Crippen LogP contribution in [0.3, 0.4) is 0 Å². The number of amides is 1. The van der Waals surface area contributed by atoms with Gasteiger partial charge in [-0.3, -0.25) is 4.90 Å². The molecule has 0 aromatic heterocycles. The molecule has 0 saturated carbocycles. The maximum atomic E-state index is 12.5. The van der Waals surface area contributed by atoms with Crippen molar-refractivity contribution in [3.8, 4) is 0 Å². The number of hydrogen-bond acceptors (Lipinski definition) is 5. The summed E-state index contributed by atoms with van der Waals surface area (Å²) < 4.78 is 15.4. The third-order valence-electron chi connectivity index (χ3n) is 5.58. The summed E-state index contributed by atoms with van der Waals surface area (Å²) in [7, 11) is 3.12. The Hall–Kier alpha value is -1.30. The van der Waals surface area contributed by atoms with Crippen molar-refractivity contribution >= 4 is 12.1 Å². The zero-order valence-electron chi connectivity index (χ0n) is 21.0. The largest absolute Gasteiger partial charge is 0.464 e. The van der Waals surface area contributed by atoms with Crippen molar-refractivity contribution < 1.29 is 23.8 Å². The van der Waals surface area contributed by atoms with Gasteiger partial charge in [-0.05, 0) is 12.3 Å². The summed E-state index contributed by atoms with van der Waals surface area (Å²) in [4.78, 5) is 25.9. The van der Waals surface area contributed by atoms with Gasteiger partial charge < -0.3 is 14.2 Å². The summed E-state index contributed by atoms with van der Waals surface area (Å²) >= 11 is 0. The highest BCUT2D eigenvalue weighted by atomic mass is 16.6. The molecule has 0 aliphatic heterocycles. The van der Waals surface area contributed by atoms with Crippen LogP contribution in [0, 0.1) is 5.92 Å². The van der Waals surface area contributed by atoms with E-state index in [1.165, 1.54) is 75.5 Å². The Morgan fingerprint density at radius 2 is 1.19 bits per heavy atom. The molecule has 184 valence electrons. The average Bonchev–Trinajstić information content (AvgIpc) is 2.73. The zero-order valence-corrected chi connectivity index (χ0v) is 21.0. The number of rotatable bonds is 20. The van der Waals surface area contributed by atoms with E-state index in [9.17, 15) is 9.59 Å². The summed E-state index contributed by atoms with van der Waals surface area (Å²) in [6, 6.07) is -0.642. The molecule has 0 aromatic rings. The van der Waals surface area contributed by atoms with Crippen LogP contribution in [-0.4, -0.2) is 57.0 Å². The van der Waals surface area contributed by atoms with Crippen molar-refractivity contribution in [2.75, 3.05) is 34.0 Å². The van der Waals surface area contributed by atoms with Crippen molar-refractivity contribution in [2.45, 2.75) is 110 Å². The van der Waals surface area contributed by atoms with E-state index < -0.39 is 12.1 Å². The molecule has 0 radical (unpaired) electrons. The third-order valence-corrected chi connectivity index (χ3v) is 5.58. The van der Waals surface area contributed by atoms with E-state index in [0.717, 1.165) is 12.8 Å². The summed E-state index contributed by atoms with van der Waals surface area (Å²) in [5, 5.41) is 0. The highest BCUT2D eigenvalue weighted by molar-refractivity contribution is 5.81. The first-order valence-electron chi connectivity index (χ1n) is 12.5. The summed E-state index contributed by atoms with van der Waals surface area (Å²) in [5.74, 6) is -0.417. The minimum absolute atomic E-state index is 0.0564. The first kappa shape index (κ1) is 29.7. The molecule has 6 heteroatoms. The van der Waals surface area contributed by atoms with Crippen molar-refractivity contribution in [1.82, 2.24) is 4.90 Å². The van der Waals surface area contributed by atoms with Crippen molar-refractivity contribution in [2.24, 2.45) is 5.92 Å². The van der Waals surface area contributed by atoms with Gasteiger partial charge in [-0.2, -0.15) is 0 Å². The van der Waals surface area contributed by atoms with Gasteiger partial charge in [0.15, 0.2) is 0 Å². The highest BCUT2D eigenvalue weighted by Gasteiger charge is 2.32. The Morgan fingerprint density at radius 3 is 1.65 bits per heavy atom. The molecule has 0 aromatic carbocycles. The molecule has 0 spiro atoms. The number of carbonyl (C=O) groups excluding carboxylic acids is 2. The lowest BCUT2D eigenvalue weighted by molar-refractivity contribution is -0.150. The van der Waals surface area contributed by atoms with Gasteiger partial charge in [-0.15, -0.1) is 0 Å². The molecule has 1 amide bonds. The fraction of sp³-hybridized carbons (Fsp3) is 0.920. The van der Waals surface area contributed by atoms with Crippen LogP contribution in [0.25, 0.3) is 0 Å². The predicted molar refractivity (Wildman–Crippen MR) is 126 cm³/mol. The van der Waals surface area contributed by atoms with Gasteiger partial charge in [0.1, 0.15) is 12.6 Å². The van der Waals surface area contributed by atoms with Crippen molar-refractivity contribution in [3.63, 3.8) is 0 Å². The number of unbranched alkanes of at least 4 members (excludes halogenated alkanes) is 12. The zero-order chi connectivity index (χ0) is 23.3. The van der Waals surface area contributed by atoms with Gasteiger partial charge >= 0.3 is 12.1 Å². The predicted octanol–water partition coefficient (Wildman–Crippen LogP) is 6.36. The normalized spacial score (nSPS) is 12.1. The summed E-state index contributed by atoms with van der Waals surface area (Å²) in [6.07, 6.45) is 16.1. The van der Waals surface area contributed by atoms with Crippen LogP contribution in [0.1, 0.15) is 104 Å². The standard InChI is InChI=1S/C25H49NO5/c1-6-7-8-9-10-11-12-13-14-15-16-17-18-19-30-24(27)23(22(2)3)26(4)25(28)31-21-20-29-5/h22-23H,6-21H2,1-5H3. The lowest BCUT2D eigenvalue weighted by Gasteiger charge is -2.28. The van der Waals surface area contributed by atoms with Gasteiger partial charge in [-0.25, -0.2) is 9.59 Å². The number of nitrogens with zero attached hydrogens (tertiary/aromatic N) is 1. The van der Waals surface area contributed by atoms with Gasteiger partial charge in [0, 0.05) is 14.2 Å². The van der Waals surface area contributed by atoms with Crippen LogP contribution in [0.15, 0.2) is 0 Å². The van der Waals surface area contributed by atoms with Crippen LogP contribution in [0.4, 0.5) is 4.79 Å². The molecule has 0 fully saturated rings. The van der Waals surface area contributed by atoms with Gasteiger partial charge in [-0.1, -0.05) is 97.8 Å². The van der Waals surface area contributed by atoms with Crippen molar-refractivity contribution in [3.05, 3.63) is 0 Å². The highest BCUT2D eigenvalue weighted by Crippen LogP contribution is 2.14. The minimum atomic E-state index is -0.642. The topological polar surface area (TPSA) is 65.1 Å². The molecule has 0 aliphatic carbocycles. The van der Waals surface area contributed by atoms with Crippen LogP contribution in [-0.2, 0) is 19.0 Å². The molecule has 0 rings (SSSR count). The van der Waals surface area contributed by atoms with E-state index in [0.29, 0.717) is 13.2 Å². The molecule has 0 aliphatic rings. The maximum absolute atomic E-state index is 12.5. The second-order valence-corrected chi connectivity index (χ2v) is 8.82. The molecule has 0 saturated heterocycles. The van der Waals surface area contributed by atoms with E-state index in [-0.39, 0.29) is 18.5 Å². The van der Waals surface area contributed by atoms with Crippen LogP contribution < -0.4 is 0 Å². The Labute approximate surface area is 191 Å². The quantitative estimate of drug-likeness (QED) is 0.162. The molecule has 0 heterocycles. The molecular formula is C25H49NO5. The molecular weight excluding hydrogens is 394 g/mol. The second-order valence-electron chi connectivity index (χ2n) is 8.82. The molecule has 6 nitrogen and oxygen atoms in total. The Kier molecular flexibility index (Phi) is 19.7. The number of carbonyl (C=O) groups is 2. The van der Waals surface area contributed by atoms with Crippen LogP contribution in [0.5, 0.6) is 0 Å². The second kappa shape index (κ2) is 20.6. The van der Waals surface area contributed by atoms with Gasteiger partial charge in [0.25, 0.3) is 0 Å². The van der Waals surface area contributed by atoms with Crippen molar-refractivity contribution in [1.29, 1.82) is 0 Å². The smallest absolute Gasteiger partial charge is 0.410 e. The Bertz CT molecular complexity index is 442. The fourth-order valence-corrected chi connectivity index (χ4v) is 3.68. The summed E-state index contributed by atoms with van der Waals surface area (Å²) in [6.45, 7) is 6.96. The minimum Gasteiger partial charge on any atom is -0.464 e. The lowest BCUT2D eigenvalue weighted by atomic mass is 10.0. The maximum Gasteiger partial charge on any atom is 0.410 e. The first-order chi connectivity index (χ1) is 15.0. The lowest BCUT2D eigenvalue weighted by Crippen LogP contribution is -2.47. The van der Waals surface area contributed by atoms with E-state index in [2.05, 4.69) is 6.92 Å². The molecule has 0 N–H and O–H groups in total. The summed E-state index contributed by atoms with van der Waals surface area (Å²) in [5.41, 5.74) is 0. The first-order valence-corrected chi connectivity index (χ1v) is 12.5. The molecule has 1 atom stereocenters. The molecule has 0 bridgehead atoms. The Balaban J connectivity index is 3.82. The van der Waals surface area contributed by atoms with E-state index in [1.54, 1.807) is 14.2 Å². The fourth-order valence-electron chi connectivity index (χ4n) is 3.68. The van der Waals surface area contributed by atoms with E-state index >= 15 is 0 Å². The molecule has 1 unspecified atom stereocenters.